The van der Waals surface area contributed by atoms with E-state index >= 15 is 0 Å². The van der Waals surface area contributed by atoms with Crippen LogP contribution >= 0.6 is 23.3 Å². The lowest BCUT2D eigenvalue weighted by atomic mass is 10.3. The van der Waals surface area contributed by atoms with E-state index in [1.54, 1.807) is 12.1 Å². The van der Waals surface area contributed by atoms with Crippen LogP contribution in [0.15, 0.2) is 32.2 Å². The molecule has 2 N–H and O–H groups in total. The maximum absolute atomic E-state index is 5.68. The maximum atomic E-state index is 5.68. The van der Waals surface area contributed by atoms with Crippen LogP contribution in [0.5, 0.6) is 0 Å². The van der Waals surface area contributed by atoms with Gasteiger partial charge >= 0.3 is 0 Å². The van der Waals surface area contributed by atoms with E-state index in [1.807, 2.05) is 13.0 Å². The smallest absolute Gasteiger partial charge is 0.264 e. The van der Waals surface area contributed by atoms with Crippen molar-refractivity contribution in [2.24, 2.45) is 0 Å². The third-order valence-electron chi connectivity index (χ3n) is 2.08. The second-order valence-corrected chi connectivity index (χ2v) is 5.37. The molecule has 86 valence electrons. The Morgan fingerprint density at radius 1 is 1.35 bits per heavy atom. The van der Waals surface area contributed by atoms with Crippen molar-refractivity contribution in [1.82, 2.24) is 14.3 Å². The van der Waals surface area contributed by atoms with Crippen LogP contribution < -0.4 is 5.73 Å². The molecule has 0 aliphatic carbocycles. The molecule has 5 nitrogen and oxygen atoms in total. The summed E-state index contributed by atoms with van der Waals surface area (Å²) < 4.78 is 10.5. The first-order chi connectivity index (χ1) is 8.20. The van der Waals surface area contributed by atoms with Gasteiger partial charge in [0.05, 0.1) is 0 Å². The zero-order chi connectivity index (χ0) is 11.8. The van der Waals surface area contributed by atoms with E-state index in [4.69, 9.17) is 10.2 Å². The molecule has 0 atom stereocenters. The summed E-state index contributed by atoms with van der Waals surface area (Å²) in [7, 11) is 0. The standard InChI is InChI=1S/C10H8N4OS2/c1-5-12-10(17-14-5)16-9-13-7-4-6(11)2-3-8(7)15-9/h2-4H,11H2,1H3. The molecule has 7 heteroatoms. The number of benzene rings is 1. The quantitative estimate of drug-likeness (QED) is 0.717. The summed E-state index contributed by atoms with van der Waals surface area (Å²) in [5, 5.41) is 0.557. The molecule has 0 saturated heterocycles. The normalized spacial score (nSPS) is 11.1. The molecule has 0 unspecified atom stereocenters. The second-order valence-electron chi connectivity index (χ2n) is 3.42. The summed E-state index contributed by atoms with van der Waals surface area (Å²) in [6.45, 7) is 1.85. The van der Waals surface area contributed by atoms with Gasteiger partial charge in [-0.25, -0.2) is 9.97 Å². The second kappa shape index (κ2) is 4.01. The van der Waals surface area contributed by atoms with Gasteiger partial charge < -0.3 is 10.2 Å². The van der Waals surface area contributed by atoms with E-state index in [-0.39, 0.29) is 0 Å². The van der Waals surface area contributed by atoms with Gasteiger partial charge in [-0.15, -0.1) is 0 Å². The van der Waals surface area contributed by atoms with E-state index in [0.29, 0.717) is 10.9 Å². The van der Waals surface area contributed by atoms with Crippen LogP contribution in [0, 0.1) is 6.92 Å². The van der Waals surface area contributed by atoms with Crippen LogP contribution in [0.4, 0.5) is 5.69 Å². The summed E-state index contributed by atoms with van der Waals surface area (Å²) >= 11 is 2.70. The van der Waals surface area contributed by atoms with Crippen molar-refractivity contribution in [1.29, 1.82) is 0 Å². The van der Waals surface area contributed by atoms with Gasteiger partial charge in [-0.05, 0) is 36.7 Å². The minimum absolute atomic E-state index is 0.557. The van der Waals surface area contributed by atoms with Crippen LogP contribution in [0.2, 0.25) is 0 Å². The van der Waals surface area contributed by atoms with Crippen molar-refractivity contribution >= 4 is 40.1 Å². The van der Waals surface area contributed by atoms with E-state index in [2.05, 4.69) is 14.3 Å². The molecule has 0 fully saturated rings. The van der Waals surface area contributed by atoms with Crippen LogP contribution in [0.1, 0.15) is 5.82 Å². The first-order valence-corrected chi connectivity index (χ1v) is 6.44. The number of nitrogens with two attached hydrogens (primary N) is 1. The Morgan fingerprint density at radius 2 is 2.24 bits per heavy atom. The zero-order valence-electron chi connectivity index (χ0n) is 8.88. The summed E-state index contributed by atoms with van der Waals surface area (Å²) in [6, 6.07) is 5.39. The van der Waals surface area contributed by atoms with Gasteiger partial charge in [0.2, 0.25) is 0 Å². The molecular formula is C10H8N4OS2. The Labute approximate surface area is 105 Å². The molecule has 0 spiro atoms. The first kappa shape index (κ1) is 10.5. The molecule has 0 amide bonds. The molecule has 2 aromatic heterocycles. The highest BCUT2D eigenvalue weighted by atomic mass is 32.2. The van der Waals surface area contributed by atoms with Gasteiger partial charge in [-0.3, -0.25) is 0 Å². The molecule has 17 heavy (non-hydrogen) atoms. The number of aromatic nitrogens is 3. The topological polar surface area (TPSA) is 77.8 Å². The van der Waals surface area contributed by atoms with Gasteiger partial charge in [0.15, 0.2) is 9.92 Å². The highest BCUT2D eigenvalue weighted by Gasteiger charge is 2.10. The third kappa shape index (κ3) is 2.11. The van der Waals surface area contributed by atoms with Crippen LogP contribution in [-0.2, 0) is 0 Å². The van der Waals surface area contributed by atoms with Crippen molar-refractivity contribution in [2.75, 3.05) is 5.73 Å². The van der Waals surface area contributed by atoms with E-state index in [0.717, 1.165) is 21.3 Å². The zero-order valence-corrected chi connectivity index (χ0v) is 10.5. The van der Waals surface area contributed by atoms with E-state index in [9.17, 15) is 0 Å². The van der Waals surface area contributed by atoms with E-state index < -0.39 is 0 Å². The number of hydrogen-bond acceptors (Lipinski definition) is 7. The van der Waals surface area contributed by atoms with E-state index in [1.165, 1.54) is 23.3 Å². The fourth-order valence-corrected chi connectivity index (χ4v) is 2.86. The largest absolute Gasteiger partial charge is 0.431 e. The van der Waals surface area contributed by atoms with Crippen LogP contribution in [0.25, 0.3) is 11.1 Å². The molecule has 0 bridgehead atoms. The van der Waals surface area contributed by atoms with Crippen molar-refractivity contribution in [2.45, 2.75) is 16.5 Å². The highest BCUT2D eigenvalue weighted by molar-refractivity contribution is 8.00. The summed E-state index contributed by atoms with van der Waals surface area (Å²) in [6.07, 6.45) is 0. The number of oxazole rings is 1. The molecule has 0 aliphatic rings. The Kier molecular flexibility index (Phi) is 2.49. The lowest BCUT2D eigenvalue weighted by Gasteiger charge is -1.88. The summed E-state index contributed by atoms with van der Waals surface area (Å²) in [5.41, 5.74) is 7.84. The lowest BCUT2D eigenvalue weighted by Crippen LogP contribution is -1.82. The first-order valence-electron chi connectivity index (χ1n) is 4.85. The number of hydrogen-bond donors (Lipinski definition) is 1. The Hall–Kier alpha value is -1.60. The van der Waals surface area contributed by atoms with Crippen molar-refractivity contribution in [3.63, 3.8) is 0 Å². The fourth-order valence-electron chi connectivity index (χ4n) is 1.36. The third-order valence-corrected chi connectivity index (χ3v) is 3.77. The minimum Gasteiger partial charge on any atom is -0.431 e. The summed E-state index contributed by atoms with van der Waals surface area (Å²) in [4.78, 5) is 8.57. The average molecular weight is 264 g/mol. The molecule has 3 rings (SSSR count). The molecule has 0 aliphatic heterocycles. The van der Waals surface area contributed by atoms with Gasteiger partial charge in [0, 0.05) is 17.4 Å². The number of anilines is 1. The molecule has 0 radical (unpaired) electrons. The van der Waals surface area contributed by atoms with Gasteiger partial charge in [0.25, 0.3) is 5.22 Å². The van der Waals surface area contributed by atoms with Gasteiger partial charge in [0.1, 0.15) is 11.3 Å². The molecule has 2 heterocycles. The van der Waals surface area contributed by atoms with Crippen molar-refractivity contribution in [3.8, 4) is 0 Å². The molecule has 3 aromatic rings. The number of fused-ring (bicyclic) bond motifs is 1. The Morgan fingerprint density at radius 3 is 3.00 bits per heavy atom. The number of rotatable bonds is 2. The predicted molar refractivity (Wildman–Crippen MR) is 67.2 cm³/mol. The Bertz CT molecular complexity index is 676. The van der Waals surface area contributed by atoms with Crippen LogP contribution in [0.3, 0.4) is 0 Å². The van der Waals surface area contributed by atoms with Crippen LogP contribution in [-0.4, -0.2) is 14.3 Å². The summed E-state index contributed by atoms with van der Waals surface area (Å²) in [5.74, 6) is 0.762. The lowest BCUT2D eigenvalue weighted by molar-refractivity contribution is 0.489. The monoisotopic (exact) mass is 264 g/mol. The molecule has 0 saturated carbocycles. The SMILES string of the molecule is Cc1nsc(Sc2nc3cc(N)ccc3o2)n1. The number of nitrogens with zero attached hydrogens (tertiary/aromatic N) is 3. The fraction of sp³-hybridized carbons (Fsp3) is 0.100. The van der Waals surface area contributed by atoms with Crippen molar-refractivity contribution < 1.29 is 4.42 Å². The molecule has 1 aromatic carbocycles. The molecular weight excluding hydrogens is 256 g/mol. The minimum atomic E-state index is 0.557. The highest BCUT2D eigenvalue weighted by Crippen LogP contribution is 2.31. The average Bonchev–Trinajstić information content (AvgIpc) is 2.84. The van der Waals surface area contributed by atoms with Crippen molar-refractivity contribution in [3.05, 3.63) is 24.0 Å². The maximum Gasteiger partial charge on any atom is 0.264 e. The number of nitrogen functional groups attached to an aromatic ring is 1. The predicted octanol–water partition coefficient (Wildman–Crippen LogP) is 2.72. The Balaban J connectivity index is 1.95. The number of aryl methyl sites for hydroxylation is 1. The van der Waals surface area contributed by atoms with Gasteiger partial charge in [-0.2, -0.15) is 4.37 Å². The van der Waals surface area contributed by atoms with Gasteiger partial charge in [-0.1, -0.05) is 0 Å².